The maximum absolute atomic E-state index is 12.3. The molecule has 0 spiro atoms. The van der Waals surface area contributed by atoms with Gasteiger partial charge in [-0.15, -0.1) is 11.3 Å². The van der Waals surface area contributed by atoms with Crippen LogP contribution in [0.2, 0.25) is 0 Å². The van der Waals surface area contributed by atoms with Crippen LogP contribution in [0.4, 0.5) is 10.9 Å². The van der Waals surface area contributed by atoms with Gasteiger partial charge in [-0.2, -0.15) is 0 Å². The molecule has 0 bridgehead atoms. The molecule has 0 fully saturated rings. The third-order valence-electron chi connectivity index (χ3n) is 2.45. The first-order chi connectivity index (χ1) is 9.97. The molecule has 4 N–H and O–H groups in total. The predicted octanol–water partition coefficient (Wildman–Crippen LogP) is 1.71. The fraction of sp³-hybridized carbons (Fsp3) is 0.231. The number of hydrogen-bond donors (Lipinski definition) is 3. The van der Waals surface area contributed by atoms with Crippen LogP contribution in [0.5, 0.6) is 0 Å². The number of pyridine rings is 1. The summed E-state index contributed by atoms with van der Waals surface area (Å²) in [6.07, 6.45) is 1.61. The lowest BCUT2D eigenvalue weighted by Gasteiger charge is -2.12. The van der Waals surface area contributed by atoms with E-state index in [0.29, 0.717) is 16.5 Å². The van der Waals surface area contributed by atoms with Crippen molar-refractivity contribution in [2.75, 3.05) is 10.6 Å². The number of amides is 2. The molecule has 0 saturated heterocycles. The van der Waals surface area contributed by atoms with E-state index in [0.717, 1.165) is 11.3 Å². The van der Waals surface area contributed by atoms with Gasteiger partial charge in [-0.1, -0.05) is 0 Å². The average molecular weight is 305 g/mol. The molecule has 0 radical (unpaired) electrons. The number of hydrogen-bond acceptors (Lipinski definition) is 6. The van der Waals surface area contributed by atoms with Crippen LogP contribution in [-0.2, 0) is 0 Å². The summed E-state index contributed by atoms with van der Waals surface area (Å²) in [5, 5.41) is 7.54. The van der Waals surface area contributed by atoms with Gasteiger partial charge in [-0.05, 0) is 26.0 Å². The zero-order valence-corrected chi connectivity index (χ0v) is 12.4. The SMILES string of the molecule is CC(C)Nc1ncccc1C(=O)Nc1nc(C(N)=O)cs1. The molecule has 2 heterocycles. The number of thiazole rings is 1. The molecular formula is C13H15N5O2S. The maximum Gasteiger partial charge on any atom is 0.268 e. The molecule has 8 heteroatoms. The summed E-state index contributed by atoms with van der Waals surface area (Å²) >= 11 is 1.14. The summed E-state index contributed by atoms with van der Waals surface area (Å²) < 4.78 is 0. The molecule has 21 heavy (non-hydrogen) atoms. The van der Waals surface area contributed by atoms with Crippen molar-refractivity contribution in [3.8, 4) is 0 Å². The van der Waals surface area contributed by atoms with Crippen molar-refractivity contribution in [1.82, 2.24) is 9.97 Å². The molecule has 0 saturated carbocycles. The minimum atomic E-state index is -0.629. The molecule has 2 aromatic rings. The highest BCUT2D eigenvalue weighted by Gasteiger charge is 2.15. The number of aromatic nitrogens is 2. The summed E-state index contributed by atoms with van der Waals surface area (Å²) in [6, 6.07) is 3.49. The molecule has 0 aliphatic carbocycles. The quantitative estimate of drug-likeness (QED) is 0.779. The lowest BCUT2D eigenvalue weighted by atomic mass is 10.2. The van der Waals surface area contributed by atoms with Gasteiger partial charge in [0.2, 0.25) is 0 Å². The van der Waals surface area contributed by atoms with Gasteiger partial charge >= 0.3 is 0 Å². The van der Waals surface area contributed by atoms with Crippen molar-refractivity contribution >= 4 is 34.1 Å². The predicted molar refractivity (Wildman–Crippen MR) is 81.6 cm³/mol. The summed E-state index contributed by atoms with van der Waals surface area (Å²) in [6.45, 7) is 3.91. The molecule has 110 valence electrons. The van der Waals surface area contributed by atoms with Crippen LogP contribution < -0.4 is 16.4 Å². The Morgan fingerprint density at radius 2 is 2.14 bits per heavy atom. The van der Waals surface area contributed by atoms with Crippen molar-refractivity contribution in [2.24, 2.45) is 5.73 Å². The van der Waals surface area contributed by atoms with Gasteiger partial charge in [-0.3, -0.25) is 14.9 Å². The molecule has 2 amide bonds. The average Bonchev–Trinajstić information content (AvgIpc) is 2.87. The minimum absolute atomic E-state index is 0.127. The van der Waals surface area contributed by atoms with Gasteiger partial charge in [0.1, 0.15) is 11.5 Å². The van der Waals surface area contributed by atoms with Crippen LogP contribution in [0.1, 0.15) is 34.7 Å². The van der Waals surface area contributed by atoms with Gasteiger partial charge in [0.05, 0.1) is 5.56 Å². The van der Waals surface area contributed by atoms with Crippen LogP contribution in [0.25, 0.3) is 0 Å². The first-order valence-electron chi connectivity index (χ1n) is 6.25. The number of anilines is 2. The lowest BCUT2D eigenvalue weighted by Crippen LogP contribution is -2.19. The van der Waals surface area contributed by atoms with E-state index in [1.807, 2.05) is 13.8 Å². The highest BCUT2D eigenvalue weighted by atomic mass is 32.1. The second-order valence-corrected chi connectivity index (χ2v) is 5.41. The van der Waals surface area contributed by atoms with Crippen molar-refractivity contribution in [3.05, 3.63) is 35.0 Å². The number of rotatable bonds is 5. The van der Waals surface area contributed by atoms with Crippen molar-refractivity contribution in [3.63, 3.8) is 0 Å². The first-order valence-corrected chi connectivity index (χ1v) is 7.13. The molecule has 0 atom stereocenters. The van der Waals surface area contributed by atoms with Crippen molar-refractivity contribution in [1.29, 1.82) is 0 Å². The zero-order valence-electron chi connectivity index (χ0n) is 11.6. The molecule has 2 rings (SSSR count). The van der Waals surface area contributed by atoms with Crippen LogP contribution in [0.15, 0.2) is 23.7 Å². The lowest BCUT2D eigenvalue weighted by molar-refractivity contribution is 0.0992. The van der Waals surface area contributed by atoms with E-state index in [2.05, 4.69) is 20.6 Å². The Labute approximate surface area is 125 Å². The fourth-order valence-electron chi connectivity index (χ4n) is 1.59. The Kier molecular flexibility index (Phi) is 4.49. The van der Waals surface area contributed by atoms with Crippen LogP contribution >= 0.6 is 11.3 Å². The van der Waals surface area contributed by atoms with E-state index in [9.17, 15) is 9.59 Å². The largest absolute Gasteiger partial charge is 0.367 e. The molecule has 7 nitrogen and oxygen atoms in total. The zero-order chi connectivity index (χ0) is 15.4. The minimum Gasteiger partial charge on any atom is -0.367 e. The molecule has 0 aromatic carbocycles. The smallest absolute Gasteiger partial charge is 0.268 e. The van der Waals surface area contributed by atoms with E-state index in [4.69, 9.17) is 5.73 Å². The monoisotopic (exact) mass is 305 g/mol. The first kappa shape index (κ1) is 14.9. The van der Waals surface area contributed by atoms with E-state index in [-0.39, 0.29) is 17.6 Å². The molecule has 0 aliphatic rings. The summed E-state index contributed by atoms with van der Waals surface area (Å²) in [4.78, 5) is 31.3. The number of primary amides is 1. The van der Waals surface area contributed by atoms with Crippen molar-refractivity contribution in [2.45, 2.75) is 19.9 Å². The Hall–Kier alpha value is -2.48. The number of carbonyl (C=O) groups excluding carboxylic acids is 2. The Bertz CT molecular complexity index is 668. The molecule has 0 unspecified atom stereocenters. The third kappa shape index (κ3) is 3.76. The van der Waals surface area contributed by atoms with E-state index < -0.39 is 5.91 Å². The van der Waals surface area contributed by atoms with Gasteiger partial charge in [0.25, 0.3) is 11.8 Å². The van der Waals surface area contributed by atoms with E-state index >= 15 is 0 Å². The third-order valence-corrected chi connectivity index (χ3v) is 3.21. The molecule has 0 aliphatic heterocycles. The Balaban J connectivity index is 2.18. The van der Waals surface area contributed by atoms with Crippen molar-refractivity contribution < 1.29 is 9.59 Å². The number of nitrogens with one attached hydrogen (secondary N) is 2. The Morgan fingerprint density at radius 3 is 2.76 bits per heavy atom. The normalized spacial score (nSPS) is 10.4. The maximum atomic E-state index is 12.3. The summed E-state index contributed by atoms with van der Waals surface area (Å²) in [5.74, 6) is -0.483. The number of nitrogens with zero attached hydrogens (tertiary/aromatic N) is 2. The van der Waals surface area contributed by atoms with Crippen LogP contribution in [-0.4, -0.2) is 27.8 Å². The van der Waals surface area contributed by atoms with Gasteiger partial charge in [0.15, 0.2) is 5.13 Å². The summed E-state index contributed by atoms with van der Waals surface area (Å²) in [5.41, 5.74) is 5.65. The fourth-order valence-corrected chi connectivity index (χ4v) is 2.28. The van der Waals surface area contributed by atoms with Crippen LogP contribution in [0, 0.1) is 0 Å². The summed E-state index contributed by atoms with van der Waals surface area (Å²) in [7, 11) is 0. The topological polar surface area (TPSA) is 110 Å². The van der Waals surface area contributed by atoms with E-state index in [1.54, 1.807) is 18.3 Å². The highest BCUT2D eigenvalue weighted by Crippen LogP contribution is 2.18. The standard InChI is InChI=1S/C13H15N5O2S/c1-7(2)16-11-8(4-3-5-15-11)12(20)18-13-17-9(6-21-13)10(14)19/h3-7H,1-2H3,(H2,14,19)(H,15,16)(H,17,18,20). The van der Waals surface area contributed by atoms with Crippen LogP contribution in [0.3, 0.4) is 0 Å². The van der Waals surface area contributed by atoms with Gasteiger partial charge < -0.3 is 11.1 Å². The number of carbonyl (C=O) groups is 2. The highest BCUT2D eigenvalue weighted by molar-refractivity contribution is 7.14. The second kappa shape index (κ2) is 6.31. The molecule has 2 aromatic heterocycles. The number of nitrogens with two attached hydrogens (primary N) is 1. The van der Waals surface area contributed by atoms with Gasteiger partial charge in [0, 0.05) is 17.6 Å². The van der Waals surface area contributed by atoms with Gasteiger partial charge in [-0.25, -0.2) is 9.97 Å². The van der Waals surface area contributed by atoms with E-state index in [1.165, 1.54) is 5.38 Å². The second-order valence-electron chi connectivity index (χ2n) is 4.55. The Morgan fingerprint density at radius 1 is 1.38 bits per heavy atom. The molecular weight excluding hydrogens is 290 g/mol.